The molecule has 0 saturated carbocycles. The van der Waals surface area contributed by atoms with Crippen molar-refractivity contribution in [3.63, 3.8) is 0 Å². The number of hydrogen-bond acceptors (Lipinski definition) is 2. The van der Waals surface area contributed by atoms with Gasteiger partial charge in [-0.05, 0) is 34.6 Å². The van der Waals surface area contributed by atoms with Gasteiger partial charge in [-0.1, -0.05) is 0 Å². The predicted molar refractivity (Wildman–Crippen MR) is 49.2 cm³/mol. The van der Waals surface area contributed by atoms with E-state index in [1.54, 1.807) is 4.90 Å². The quantitative estimate of drug-likeness (QED) is 0.641. The van der Waals surface area contributed by atoms with Crippen LogP contribution >= 0.6 is 0 Å². The number of ether oxygens (including phenoxy) is 1. The monoisotopic (exact) mass is 173 g/mol. The van der Waals surface area contributed by atoms with Crippen LogP contribution in [0.1, 0.15) is 34.6 Å². The van der Waals surface area contributed by atoms with Gasteiger partial charge in [0.25, 0.3) is 0 Å². The topological polar surface area (TPSA) is 29.5 Å². The van der Waals surface area contributed by atoms with Crippen molar-refractivity contribution in [3.8, 4) is 0 Å². The largest absolute Gasteiger partial charge is 0.450 e. The van der Waals surface area contributed by atoms with Gasteiger partial charge in [0.2, 0.25) is 0 Å². The Morgan fingerprint density at radius 3 is 2.08 bits per heavy atom. The summed E-state index contributed by atoms with van der Waals surface area (Å²) >= 11 is 0. The number of carbonyl (C=O) groups is 1. The van der Waals surface area contributed by atoms with Crippen molar-refractivity contribution < 1.29 is 9.53 Å². The van der Waals surface area contributed by atoms with Crippen LogP contribution in [0.3, 0.4) is 0 Å². The molecular formula is C9H19NO2. The highest BCUT2D eigenvalue weighted by molar-refractivity contribution is 5.68. The normalized spacial score (nSPS) is 11.1. The first-order chi connectivity index (χ1) is 5.43. The Morgan fingerprint density at radius 1 is 1.33 bits per heavy atom. The molecule has 0 rings (SSSR count). The van der Waals surface area contributed by atoms with Gasteiger partial charge in [-0.15, -0.1) is 0 Å². The van der Waals surface area contributed by atoms with E-state index in [1.165, 1.54) is 0 Å². The summed E-state index contributed by atoms with van der Waals surface area (Å²) in [4.78, 5) is 13.0. The van der Waals surface area contributed by atoms with Crippen LogP contribution in [0.25, 0.3) is 0 Å². The zero-order chi connectivity index (χ0) is 9.78. The van der Waals surface area contributed by atoms with Crippen LogP contribution in [0.2, 0.25) is 0 Å². The van der Waals surface area contributed by atoms with E-state index in [-0.39, 0.29) is 11.6 Å². The maximum absolute atomic E-state index is 11.3. The second kappa shape index (κ2) is 4.33. The maximum atomic E-state index is 11.3. The molecule has 0 aliphatic carbocycles. The molecule has 0 aliphatic rings. The number of hydrogen-bond donors (Lipinski definition) is 0. The summed E-state index contributed by atoms with van der Waals surface area (Å²) in [6, 6.07) is 0. The van der Waals surface area contributed by atoms with E-state index >= 15 is 0 Å². The molecule has 12 heavy (non-hydrogen) atoms. The highest BCUT2D eigenvalue weighted by Crippen LogP contribution is 2.13. The van der Waals surface area contributed by atoms with Gasteiger partial charge in [-0.2, -0.15) is 0 Å². The summed E-state index contributed by atoms with van der Waals surface area (Å²) in [7, 11) is 0. The van der Waals surface area contributed by atoms with Gasteiger partial charge in [0.1, 0.15) is 0 Å². The third kappa shape index (κ3) is 3.11. The molecule has 0 N–H and O–H groups in total. The molecule has 0 heterocycles. The molecule has 0 unspecified atom stereocenters. The molecule has 3 nitrogen and oxygen atoms in total. The van der Waals surface area contributed by atoms with Crippen LogP contribution in [0, 0.1) is 0 Å². The van der Waals surface area contributed by atoms with Gasteiger partial charge in [0, 0.05) is 12.1 Å². The lowest BCUT2D eigenvalue weighted by molar-refractivity contribution is 0.0743. The second-order valence-electron chi connectivity index (χ2n) is 3.61. The molecule has 0 aromatic heterocycles. The standard InChI is InChI=1S/C9H19NO2/c1-6-10(9(3,4)5)8(11)12-7-2/h6-7H2,1-5H3. The zero-order valence-corrected chi connectivity index (χ0v) is 8.68. The van der Waals surface area contributed by atoms with Gasteiger partial charge < -0.3 is 9.64 Å². The number of carbonyl (C=O) groups excluding carboxylic acids is 1. The summed E-state index contributed by atoms with van der Waals surface area (Å²) in [5.74, 6) is 0. The number of nitrogens with zero attached hydrogens (tertiary/aromatic N) is 1. The SMILES string of the molecule is CCOC(=O)N(CC)C(C)(C)C. The molecule has 0 radical (unpaired) electrons. The Bertz CT molecular complexity index is 149. The van der Waals surface area contributed by atoms with Crippen molar-refractivity contribution in [1.82, 2.24) is 4.90 Å². The Balaban J connectivity index is 4.25. The molecule has 0 saturated heterocycles. The highest BCUT2D eigenvalue weighted by atomic mass is 16.6. The third-order valence-electron chi connectivity index (χ3n) is 1.61. The molecule has 0 aromatic rings. The van der Waals surface area contributed by atoms with Crippen LogP contribution in [-0.4, -0.2) is 29.7 Å². The minimum Gasteiger partial charge on any atom is -0.450 e. The molecule has 1 amide bonds. The molecule has 0 spiro atoms. The first-order valence-corrected chi connectivity index (χ1v) is 4.37. The molecular weight excluding hydrogens is 154 g/mol. The fourth-order valence-corrected chi connectivity index (χ4v) is 1.08. The Morgan fingerprint density at radius 2 is 1.83 bits per heavy atom. The highest BCUT2D eigenvalue weighted by Gasteiger charge is 2.25. The fraction of sp³-hybridized carbons (Fsp3) is 0.889. The maximum Gasteiger partial charge on any atom is 0.410 e. The summed E-state index contributed by atoms with van der Waals surface area (Å²) in [6.45, 7) is 10.9. The molecule has 0 bridgehead atoms. The predicted octanol–water partition coefficient (Wildman–Crippen LogP) is 2.26. The lowest BCUT2D eigenvalue weighted by Gasteiger charge is -2.33. The van der Waals surface area contributed by atoms with Crippen molar-refractivity contribution in [2.24, 2.45) is 0 Å². The van der Waals surface area contributed by atoms with Crippen LogP contribution in [-0.2, 0) is 4.74 Å². The minimum absolute atomic E-state index is 0.152. The lowest BCUT2D eigenvalue weighted by atomic mass is 10.1. The fourth-order valence-electron chi connectivity index (χ4n) is 1.08. The van der Waals surface area contributed by atoms with Crippen molar-refractivity contribution in [2.45, 2.75) is 40.2 Å². The van der Waals surface area contributed by atoms with Crippen LogP contribution < -0.4 is 0 Å². The Labute approximate surface area is 74.7 Å². The van der Waals surface area contributed by atoms with Gasteiger partial charge in [-0.25, -0.2) is 4.79 Å². The van der Waals surface area contributed by atoms with E-state index < -0.39 is 0 Å². The summed E-state index contributed by atoms with van der Waals surface area (Å²) in [5, 5.41) is 0. The van der Waals surface area contributed by atoms with Gasteiger partial charge in [0.15, 0.2) is 0 Å². The third-order valence-corrected chi connectivity index (χ3v) is 1.61. The first-order valence-electron chi connectivity index (χ1n) is 4.37. The van der Waals surface area contributed by atoms with E-state index in [2.05, 4.69) is 0 Å². The van der Waals surface area contributed by atoms with Gasteiger partial charge >= 0.3 is 6.09 Å². The smallest absolute Gasteiger partial charge is 0.410 e. The minimum atomic E-state index is -0.229. The van der Waals surface area contributed by atoms with Crippen molar-refractivity contribution in [3.05, 3.63) is 0 Å². The van der Waals surface area contributed by atoms with Crippen LogP contribution in [0.4, 0.5) is 4.79 Å². The average molecular weight is 173 g/mol. The molecule has 0 atom stereocenters. The van der Waals surface area contributed by atoms with Gasteiger partial charge in [-0.3, -0.25) is 0 Å². The number of amides is 1. The molecule has 3 heteroatoms. The van der Waals surface area contributed by atoms with Crippen molar-refractivity contribution >= 4 is 6.09 Å². The molecule has 0 fully saturated rings. The van der Waals surface area contributed by atoms with Gasteiger partial charge in [0.05, 0.1) is 6.61 Å². The van der Waals surface area contributed by atoms with E-state index in [9.17, 15) is 4.79 Å². The van der Waals surface area contributed by atoms with E-state index in [0.29, 0.717) is 13.2 Å². The molecule has 72 valence electrons. The van der Waals surface area contributed by atoms with E-state index in [0.717, 1.165) is 0 Å². The van der Waals surface area contributed by atoms with E-state index in [4.69, 9.17) is 4.74 Å². The lowest BCUT2D eigenvalue weighted by Crippen LogP contribution is -2.45. The first kappa shape index (κ1) is 11.3. The molecule has 0 aliphatic heterocycles. The summed E-state index contributed by atoms with van der Waals surface area (Å²) < 4.78 is 4.91. The zero-order valence-electron chi connectivity index (χ0n) is 8.68. The summed E-state index contributed by atoms with van der Waals surface area (Å²) in [5.41, 5.74) is -0.152. The van der Waals surface area contributed by atoms with Crippen molar-refractivity contribution in [2.75, 3.05) is 13.2 Å². The summed E-state index contributed by atoms with van der Waals surface area (Å²) in [6.07, 6.45) is -0.229. The van der Waals surface area contributed by atoms with Crippen LogP contribution in [0.5, 0.6) is 0 Å². The van der Waals surface area contributed by atoms with Crippen LogP contribution in [0.15, 0.2) is 0 Å². The molecule has 0 aromatic carbocycles. The Kier molecular flexibility index (Phi) is 4.07. The Hall–Kier alpha value is -0.730. The average Bonchev–Trinajstić information content (AvgIpc) is 1.85. The second-order valence-corrected chi connectivity index (χ2v) is 3.61. The van der Waals surface area contributed by atoms with Crippen molar-refractivity contribution in [1.29, 1.82) is 0 Å². The number of rotatable bonds is 2. The van der Waals surface area contributed by atoms with E-state index in [1.807, 2.05) is 34.6 Å².